The smallest absolute Gasteiger partial charge is 0.187 e. The first-order chi connectivity index (χ1) is 15.2. The molecule has 5 heterocycles. The maximum absolute atomic E-state index is 6.13. The van der Waals surface area contributed by atoms with Crippen molar-refractivity contribution in [3.63, 3.8) is 0 Å². The van der Waals surface area contributed by atoms with E-state index in [0.717, 1.165) is 58.5 Å². The van der Waals surface area contributed by atoms with E-state index in [-0.39, 0.29) is 6.04 Å². The van der Waals surface area contributed by atoms with Crippen molar-refractivity contribution in [2.45, 2.75) is 32.4 Å². The Morgan fingerprint density at radius 2 is 2.10 bits per heavy atom. The molecule has 2 aliphatic rings. The Bertz CT molecular complexity index is 1250. The van der Waals surface area contributed by atoms with E-state index in [1.807, 2.05) is 15.6 Å². The Labute approximate surface area is 183 Å². The number of benzene rings is 1. The Hall–Kier alpha value is -3.04. The molecule has 1 N–H and O–H groups in total. The minimum atomic E-state index is 0.232. The summed E-state index contributed by atoms with van der Waals surface area (Å²) in [5.41, 5.74) is 4.24. The van der Waals surface area contributed by atoms with Gasteiger partial charge in [-0.2, -0.15) is 10.2 Å². The molecule has 0 bridgehead atoms. The van der Waals surface area contributed by atoms with Gasteiger partial charge in [-0.05, 0) is 31.5 Å². The summed E-state index contributed by atoms with van der Waals surface area (Å²) in [5, 5.41) is 13.1. The lowest BCUT2D eigenvalue weighted by atomic mass is 10.0. The second kappa shape index (κ2) is 7.28. The standard InChI is InChI=1S/C22H23N7OS/c1-13(2)29-21(24-12-26-29)22-27-20-17-4-3-14(7-18(17)30-6-5-19(20)31-22)15-8-25-28(11-15)16-9-23-10-16/h3-4,7-8,11-13,16,23H,5-6,9-10H2,1-2H3. The Kier molecular flexibility index (Phi) is 4.39. The molecule has 0 spiro atoms. The third-order valence-electron chi connectivity index (χ3n) is 5.84. The SMILES string of the molecule is CC(C)n1ncnc1-c1nc2c(s1)CCOc1cc(-c3cnn(C4CNC4)c3)ccc1-2. The van der Waals surface area contributed by atoms with E-state index in [9.17, 15) is 0 Å². The van der Waals surface area contributed by atoms with Gasteiger partial charge < -0.3 is 10.1 Å². The molecule has 1 saturated heterocycles. The highest BCUT2D eigenvalue weighted by molar-refractivity contribution is 7.15. The number of hydrogen-bond donors (Lipinski definition) is 1. The third kappa shape index (κ3) is 3.16. The minimum Gasteiger partial charge on any atom is -0.492 e. The van der Waals surface area contributed by atoms with Crippen molar-refractivity contribution >= 4 is 11.3 Å². The molecular formula is C22H23N7OS. The zero-order chi connectivity index (χ0) is 20.9. The summed E-state index contributed by atoms with van der Waals surface area (Å²) in [4.78, 5) is 10.7. The summed E-state index contributed by atoms with van der Waals surface area (Å²) in [6.07, 6.45) is 6.49. The quantitative estimate of drug-likeness (QED) is 0.530. The highest BCUT2D eigenvalue weighted by atomic mass is 32.1. The highest BCUT2D eigenvalue weighted by Gasteiger charge is 2.24. The van der Waals surface area contributed by atoms with Crippen LogP contribution in [0.25, 0.3) is 33.2 Å². The van der Waals surface area contributed by atoms with Crippen LogP contribution in [-0.2, 0) is 6.42 Å². The van der Waals surface area contributed by atoms with E-state index in [0.29, 0.717) is 12.6 Å². The minimum absolute atomic E-state index is 0.232. The summed E-state index contributed by atoms with van der Waals surface area (Å²) < 4.78 is 10.1. The Balaban J connectivity index is 1.37. The Morgan fingerprint density at radius 3 is 2.90 bits per heavy atom. The van der Waals surface area contributed by atoms with Gasteiger partial charge in [0, 0.05) is 47.8 Å². The first kappa shape index (κ1) is 18.7. The van der Waals surface area contributed by atoms with Crippen LogP contribution in [0.3, 0.4) is 0 Å². The summed E-state index contributed by atoms with van der Waals surface area (Å²) in [5.74, 6) is 1.70. The van der Waals surface area contributed by atoms with Crippen LogP contribution in [0.4, 0.5) is 0 Å². The summed E-state index contributed by atoms with van der Waals surface area (Å²) in [6, 6.07) is 7.05. The van der Waals surface area contributed by atoms with Crippen molar-refractivity contribution in [1.82, 2.24) is 34.8 Å². The molecule has 4 aromatic rings. The normalized spacial score (nSPS) is 15.8. The van der Waals surface area contributed by atoms with Crippen LogP contribution < -0.4 is 10.1 Å². The Morgan fingerprint density at radius 1 is 1.19 bits per heavy atom. The molecular weight excluding hydrogens is 410 g/mol. The lowest BCUT2D eigenvalue weighted by molar-refractivity contribution is 0.318. The molecule has 0 aliphatic carbocycles. The molecule has 1 aromatic carbocycles. The molecule has 31 heavy (non-hydrogen) atoms. The van der Waals surface area contributed by atoms with Gasteiger partial charge in [0.2, 0.25) is 0 Å². The summed E-state index contributed by atoms with van der Waals surface area (Å²) >= 11 is 1.68. The average molecular weight is 434 g/mol. The lowest BCUT2D eigenvalue weighted by Crippen LogP contribution is -2.43. The van der Waals surface area contributed by atoms with Gasteiger partial charge in [-0.1, -0.05) is 6.07 Å². The molecule has 8 nitrogen and oxygen atoms in total. The van der Waals surface area contributed by atoms with Crippen LogP contribution >= 0.6 is 11.3 Å². The number of thiazole rings is 1. The summed E-state index contributed by atoms with van der Waals surface area (Å²) in [7, 11) is 0. The largest absolute Gasteiger partial charge is 0.492 e. The van der Waals surface area contributed by atoms with Crippen molar-refractivity contribution in [3.8, 4) is 39.0 Å². The van der Waals surface area contributed by atoms with E-state index in [1.165, 1.54) is 4.88 Å². The molecule has 158 valence electrons. The molecule has 0 radical (unpaired) electrons. The van der Waals surface area contributed by atoms with E-state index in [1.54, 1.807) is 17.7 Å². The van der Waals surface area contributed by atoms with E-state index in [2.05, 4.69) is 58.7 Å². The van der Waals surface area contributed by atoms with Crippen molar-refractivity contribution in [2.24, 2.45) is 0 Å². The van der Waals surface area contributed by atoms with Crippen molar-refractivity contribution < 1.29 is 4.74 Å². The molecule has 0 amide bonds. The van der Waals surface area contributed by atoms with Gasteiger partial charge in [0.05, 0.1) is 24.5 Å². The predicted octanol–water partition coefficient (Wildman–Crippen LogP) is 3.59. The second-order valence-corrected chi connectivity index (χ2v) is 9.33. The van der Waals surface area contributed by atoms with Crippen LogP contribution in [0.15, 0.2) is 36.9 Å². The van der Waals surface area contributed by atoms with Crippen LogP contribution in [0, 0.1) is 0 Å². The van der Waals surface area contributed by atoms with Crippen molar-refractivity contribution in [3.05, 3.63) is 41.8 Å². The second-order valence-electron chi connectivity index (χ2n) is 8.24. The first-order valence-electron chi connectivity index (χ1n) is 10.6. The third-order valence-corrected chi connectivity index (χ3v) is 6.95. The zero-order valence-corrected chi connectivity index (χ0v) is 18.3. The monoisotopic (exact) mass is 433 g/mol. The molecule has 9 heteroatoms. The lowest BCUT2D eigenvalue weighted by Gasteiger charge is -2.27. The first-order valence-corrected chi connectivity index (χ1v) is 11.4. The van der Waals surface area contributed by atoms with Gasteiger partial charge in [-0.15, -0.1) is 11.3 Å². The number of aromatic nitrogens is 6. The van der Waals surface area contributed by atoms with Gasteiger partial charge in [0.15, 0.2) is 10.8 Å². The fraction of sp³-hybridized carbons (Fsp3) is 0.364. The number of rotatable bonds is 4. The molecule has 1 fully saturated rings. The number of nitrogens with one attached hydrogen (secondary N) is 1. The van der Waals surface area contributed by atoms with Crippen LogP contribution in [0.2, 0.25) is 0 Å². The van der Waals surface area contributed by atoms with Gasteiger partial charge in [0.25, 0.3) is 0 Å². The molecule has 0 saturated carbocycles. The number of fused-ring (bicyclic) bond motifs is 3. The predicted molar refractivity (Wildman–Crippen MR) is 119 cm³/mol. The summed E-state index contributed by atoms with van der Waals surface area (Å²) in [6.45, 7) is 6.80. The molecule has 0 unspecified atom stereocenters. The fourth-order valence-corrected chi connectivity index (χ4v) is 5.07. The van der Waals surface area contributed by atoms with Crippen molar-refractivity contribution in [1.29, 1.82) is 0 Å². The molecule has 3 aromatic heterocycles. The molecule has 2 aliphatic heterocycles. The number of hydrogen-bond acceptors (Lipinski definition) is 7. The van der Waals surface area contributed by atoms with E-state index >= 15 is 0 Å². The number of ether oxygens (including phenoxy) is 1. The van der Waals surface area contributed by atoms with Crippen LogP contribution in [-0.4, -0.2) is 49.2 Å². The zero-order valence-electron chi connectivity index (χ0n) is 17.4. The van der Waals surface area contributed by atoms with Gasteiger partial charge in [-0.3, -0.25) is 4.68 Å². The van der Waals surface area contributed by atoms with E-state index in [4.69, 9.17) is 9.72 Å². The average Bonchev–Trinajstić information content (AvgIpc) is 3.44. The highest BCUT2D eigenvalue weighted by Crippen LogP contribution is 2.41. The van der Waals surface area contributed by atoms with E-state index < -0.39 is 0 Å². The van der Waals surface area contributed by atoms with Crippen LogP contribution in [0.5, 0.6) is 5.75 Å². The van der Waals surface area contributed by atoms with Crippen LogP contribution in [0.1, 0.15) is 30.8 Å². The fourth-order valence-electron chi connectivity index (χ4n) is 4.03. The maximum atomic E-state index is 6.13. The van der Waals surface area contributed by atoms with Gasteiger partial charge in [-0.25, -0.2) is 14.6 Å². The topological polar surface area (TPSA) is 82.7 Å². The number of nitrogens with zero attached hydrogens (tertiary/aromatic N) is 6. The van der Waals surface area contributed by atoms with Gasteiger partial charge >= 0.3 is 0 Å². The molecule has 6 rings (SSSR count). The maximum Gasteiger partial charge on any atom is 0.187 e. The molecule has 0 atom stereocenters. The van der Waals surface area contributed by atoms with Crippen molar-refractivity contribution in [2.75, 3.05) is 19.7 Å². The van der Waals surface area contributed by atoms with Gasteiger partial charge in [0.1, 0.15) is 12.1 Å².